The molecule has 0 amide bonds. The zero-order valence-corrected chi connectivity index (χ0v) is 12.7. The summed E-state index contributed by atoms with van der Waals surface area (Å²) in [5.74, 6) is 0. The second-order valence-electron chi connectivity index (χ2n) is 5.00. The number of halogens is 1. The van der Waals surface area contributed by atoms with Gasteiger partial charge in [-0.25, -0.2) is 0 Å². The Morgan fingerprint density at radius 2 is 2.11 bits per heavy atom. The quantitative estimate of drug-likeness (QED) is 0.894. The molecule has 0 saturated carbocycles. The van der Waals surface area contributed by atoms with Gasteiger partial charge < -0.3 is 5.32 Å². The Balaban J connectivity index is 2.12. The molecule has 1 atom stereocenters. The molecule has 0 spiro atoms. The van der Waals surface area contributed by atoms with Crippen LogP contribution < -0.4 is 5.32 Å². The molecule has 0 radical (unpaired) electrons. The molecule has 1 fully saturated rings. The molecule has 2 nitrogen and oxygen atoms in total. The molecule has 1 aliphatic rings. The Hall–Kier alpha value is -0.380. The maximum absolute atomic E-state index is 3.59. The predicted molar refractivity (Wildman–Crippen MR) is 80.9 cm³/mol. The fourth-order valence-electron chi connectivity index (χ4n) is 2.67. The van der Waals surface area contributed by atoms with E-state index in [4.69, 9.17) is 0 Å². The Kier molecular flexibility index (Phi) is 5.67. The lowest BCUT2D eigenvalue weighted by atomic mass is 9.99. The monoisotopic (exact) mass is 310 g/mol. The maximum atomic E-state index is 3.59. The molecular weight excluding hydrogens is 288 g/mol. The van der Waals surface area contributed by atoms with Gasteiger partial charge in [0.25, 0.3) is 0 Å². The molecule has 1 N–H and O–H groups in total. The average Bonchev–Trinajstić information content (AvgIpc) is 2.40. The molecule has 3 heteroatoms. The average molecular weight is 311 g/mol. The Labute approximate surface area is 119 Å². The summed E-state index contributed by atoms with van der Waals surface area (Å²) in [4.78, 5) is 2.63. The number of nitrogens with zero attached hydrogens (tertiary/aromatic N) is 1. The normalized spacial score (nSPS) is 18.8. The second kappa shape index (κ2) is 7.27. The molecule has 1 aromatic carbocycles. The largest absolute Gasteiger partial charge is 0.314 e. The van der Waals surface area contributed by atoms with Gasteiger partial charge in [0.15, 0.2) is 0 Å². The van der Waals surface area contributed by atoms with Crippen molar-refractivity contribution < 1.29 is 0 Å². The fraction of sp³-hybridized carbons (Fsp3) is 0.600. The molecular formula is C15H23BrN2. The van der Waals surface area contributed by atoms with E-state index in [2.05, 4.69) is 57.3 Å². The van der Waals surface area contributed by atoms with Crippen LogP contribution in [0.25, 0.3) is 0 Å². The van der Waals surface area contributed by atoms with Crippen molar-refractivity contribution >= 4 is 15.9 Å². The summed E-state index contributed by atoms with van der Waals surface area (Å²) in [7, 11) is 0. The number of nitrogens with one attached hydrogen (secondary N) is 1. The van der Waals surface area contributed by atoms with Gasteiger partial charge in [0.1, 0.15) is 0 Å². The third-order valence-electron chi connectivity index (χ3n) is 3.66. The van der Waals surface area contributed by atoms with E-state index in [1.54, 1.807) is 0 Å². The van der Waals surface area contributed by atoms with E-state index in [0.29, 0.717) is 6.04 Å². The van der Waals surface area contributed by atoms with Gasteiger partial charge in [-0.3, -0.25) is 4.90 Å². The van der Waals surface area contributed by atoms with Crippen LogP contribution in [0.2, 0.25) is 0 Å². The molecule has 0 bridgehead atoms. The van der Waals surface area contributed by atoms with Crippen molar-refractivity contribution in [3.8, 4) is 0 Å². The zero-order valence-electron chi connectivity index (χ0n) is 11.2. The van der Waals surface area contributed by atoms with Crippen molar-refractivity contribution in [3.05, 3.63) is 34.3 Å². The number of benzene rings is 1. The van der Waals surface area contributed by atoms with Gasteiger partial charge >= 0.3 is 0 Å². The number of hydrogen-bond acceptors (Lipinski definition) is 2. The van der Waals surface area contributed by atoms with Crippen LogP contribution in [0.3, 0.4) is 0 Å². The van der Waals surface area contributed by atoms with Gasteiger partial charge in [-0.05, 0) is 24.1 Å². The molecule has 100 valence electrons. The summed E-state index contributed by atoms with van der Waals surface area (Å²) >= 11 is 3.59. The van der Waals surface area contributed by atoms with Crippen molar-refractivity contribution in [1.29, 1.82) is 0 Å². The molecule has 1 aromatic rings. The van der Waals surface area contributed by atoms with Gasteiger partial charge in [0, 0.05) is 36.7 Å². The summed E-state index contributed by atoms with van der Waals surface area (Å²) in [6.45, 7) is 6.85. The molecule has 0 aliphatic carbocycles. The van der Waals surface area contributed by atoms with Gasteiger partial charge in [-0.15, -0.1) is 0 Å². The predicted octanol–water partition coefficient (Wildman–Crippen LogP) is 3.59. The topological polar surface area (TPSA) is 15.3 Å². The fourth-order valence-corrected chi connectivity index (χ4v) is 3.08. The number of rotatable bonds is 5. The van der Waals surface area contributed by atoms with E-state index in [1.165, 1.54) is 42.4 Å². The highest BCUT2D eigenvalue weighted by Gasteiger charge is 2.21. The molecule has 1 heterocycles. The SMILES string of the molecule is CCCC[C@H](c1cccc(Br)c1)N1CCNCC1. The third kappa shape index (κ3) is 3.81. The number of piperazine rings is 1. The first kappa shape index (κ1) is 14.0. The highest BCUT2D eigenvalue weighted by Crippen LogP contribution is 2.28. The van der Waals surface area contributed by atoms with Crippen LogP contribution >= 0.6 is 15.9 Å². The number of unbranched alkanes of at least 4 members (excludes halogenated alkanes) is 1. The maximum Gasteiger partial charge on any atom is 0.0349 e. The Morgan fingerprint density at radius 1 is 1.33 bits per heavy atom. The molecule has 18 heavy (non-hydrogen) atoms. The minimum atomic E-state index is 0.588. The first-order chi connectivity index (χ1) is 8.81. The van der Waals surface area contributed by atoms with E-state index >= 15 is 0 Å². The number of hydrogen-bond donors (Lipinski definition) is 1. The highest BCUT2D eigenvalue weighted by molar-refractivity contribution is 9.10. The standard InChI is InChI=1S/C15H23BrN2/c1-2-3-7-15(18-10-8-17-9-11-18)13-5-4-6-14(16)12-13/h4-6,12,15,17H,2-3,7-11H2,1H3/t15-/m1/s1. The molecule has 0 aromatic heterocycles. The summed E-state index contributed by atoms with van der Waals surface area (Å²) in [6, 6.07) is 9.40. The van der Waals surface area contributed by atoms with Crippen molar-refractivity contribution in [2.75, 3.05) is 26.2 Å². The van der Waals surface area contributed by atoms with Crippen LogP contribution in [0, 0.1) is 0 Å². The van der Waals surface area contributed by atoms with E-state index in [9.17, 15) is 0 Å². The minimum Gasteiger partial charge on any atom is -0.314 e. The van der Waals surface area contributed by atoms with Crippen molar-refractivity contribution in [1.82, 2.24) is 10.2 Å². The van der Waals surface area contributed by atoms with E-state index in [1.807, 2.05) is 0 Å². The Morgan fingerprint density at radius 3 is 2.78 bits per heavy atom. The smallest absolute Gasteiger partial charge is 0.0349 e. The zero-order chi connectivity index (χ0) is 12.8. The minimum absolute atomic E-state index is 0.588. The highest BCUT2D eigenvalue weighted by atomic mass is 79.9. The van der Waals surface area contributed by atoms with Crippen LogP contribution in [0.5, 0.6) is 0 Å². The molecule has 2 rings (SSSR count). The molecule has 0 unspecified atom stereocenters. The summed E-state index contributed by atoms with van der Waals surface area (Å²) < 4.78 is 1.19. The summed E-state index contributed by atoms with van der Waals surface area (Å²) in [5.41, 5.74) is 1.46. The van der Waals surface area contributed by atoms with E-state index < -0.39 is 0 Å². The summed E-state index contributed by atoms with van der Waals surface area (Å²) in [6.07, 6.45) is 3.85. The van der Waals surface area contributed by atoms with Gasteiger partial charge in [-0.2, -0.15) is 0 Å². The van der Waals surface area contributed by atoms with Gasteiger partial charge in [0.05, 0.1) is 0 Å². The van der Waals surface area contributed by atoms with Crippen LogP contribution in [0.1, 0.15) is 37.8 Å². The van der Waals surface area contributed by atoms with Crippen LogP contribution in [0.4, 0.5) is 0 Å². The Bertz CT molecular complexity index is 361. The van der Waals surface area contributed by atoms with E-state index in [-0.39, 0.29) is 0 Å². The molecule has 1 aliphatic heterocycles. The van der Waals surface area contributed by atoms with Gasteiger partial charge in [-0.1, -0.05) is 47.8 Å². The van der Waals surface area contributed by atoms with Crippen molar-refractivity contribution in [3.63, 3.8) is 0 Å². The van der Waals surface area contributed by atoms with Crippen LogP contribution in [-0.4, -0.2) is 31.1 Å². The first-order valence-electron chi connectivity index (χ1n) is 7.01. The van der Waals surface area contributed by atoms with Crippen molar-refractivity contribution in [2.45, 2.75) is 32.2 Å². The van der Waals surface area contributed by atoms with Crippen LogP contribution in [0.15, 0.2) is 28.7 Å². The van der Waals surface area contributed by atoms with Gasteiger partial charge in [0.2, 0.25) is 0 Å². The lowest BCUT2D eigenvalue weighted by Crippen LogP contribution is -2.45. The third-order valence-corrected chi connectivity index (χ3v) is 4.15. The lowest BCUT2D eigenvalue weighted by Gasteiger charge is -2.35. The second-order valence-corrected chi connectivity index (χ2v) is 5.91. The lowest BCUT2D eigenvalue weighted by molar-refractivity contribution is 0.163. The van der Waals surface area contributed by atoms with Crippen LogP contribution in [-0.2, 0) is 0 Å². The first-order valence-corrected chi connectivity index (χ1v) is 7.81. The van der Waals surface area contributed by atoms with Crippen molar-refractivity contribution in [2.24, 2.45) is 0 Å². The molecule has 1 saturated heterocycles. The van der Waals surface area contributed by atoms with E-state index in [0.717, 1.165) is 13.1 Å². The summed E-state index contributed by atoms with van der Waals surface area (Å²) in [5, 5.41) is 3.44.